The number of ether oxygens (including phenoxy) is 2. The first-order valence-corrected chi connectivity index (χ1v) is 10.8. The van der Waals surface area contributed by atoms with E-state index in [1.54, 1.807) is 51.1 Å². The predicted molar refractivity (Wildman–Crippen MR) is 125 cm³/mol. The summed E-state index contributed by atoms with van der Waals surface area (Å²) in [6, 6.07) is 13.9. The number of methoxy groups -OCH3 is 1. The molecule has 1 unspecified atom stereocenters. The Morgan fingerprint density at radius 3 is 2.29 bits per heavy atom. The predicted octanol–water partition coefficient (Wildman–Crippen LogP) is 4.67. The number of hydrogen-bond donors (Lipinski definition) is 1. The minimum Gasteiger partial charge on any atom is -0.466 e. The average molecular weight is 481 g/mol. The lowest BCUT2D eigenvalue weighted by atomic mass is 9.80. The van der Waals surface area contributed by atoms with Crippen LogP contribution in [0, 0.1) is 11.3 Å². The summed E-state index contributed by atoms with van der Waals surface area (Å²) in [5.41, 5.74) is 7.75. The van der Waals surface area contributed by atoms with E-state index in [2.05, 4.69) is 0 Å². The van der Waals surface area contributed by atoms with Crippen LogP contribution in [0.15, 0.2) is 71.2 Å². The average Bonchev–Trinajstić information content (AvgIpc) is 2.83. The van der Waals surface area contributed by atoms with Gasteiger partial charge in [0.25, 0.3) is 6.43 Å². The van der Waals surface area contributed by atoms with Gasteiger partial charge >= 0.3 is 11.9 Å². The van der Waals surface area contributed by atoms with Gasteiger partial charge in [0.1, 0.15) is 5.82 Å². The highest BCUT2D eigenvalue weighted by atomic mass is 19.3. The lowest BCUT2D eigenvalue weighted by molar-refractivity contribution is -0.143. The van der Waals surface area contributed by atoms with Crippen LogP contribution in [0.4, 0.5) is 14.5 Å². The molecular formula is C26H25F2N3O4. The number of alkyl halides is 2. The molecule has 1 heterocycles. The molecule has 7 nitrogen and oxygen atoms in total. The molecule has 0 fully saturated rings. The van der Waals surface area contributed by atoms with Crippen LogP contribution in [0.25, 0.3) is 0 Å². The third-order valence-electron chi connectivity index (χ3n) is 5.54. The fourth-order valence-electron chi connectivity index (χ4n) is 4.01. The lowest BCUT2D eigenvalue weighted by Crippen LogP contribution is -2.39. The number of carbonyl (C=O) groups excluding carboxylic acids is 2. The fraction of sp³-hybridized carbons (Fsp3) is 0.269. The van der Waals surface area contributed by atoms with Gasteiger partial charge < -0.3 is 20.1 Å². The Bertz CT molecular complexity index is 1240. The Labute approximate surface area is 202 Å². The van der Waals surface area contributed by atoms with Crippen LogP contribution in [0.3, 0.4) is 0 Å². The van der Waals surface area contributed by atoms with E-state index >= 15 is 0 Å². The molecule has 0 bridgehead atoms. The number of halogens is 2. The highest BCUT2D eigenvalue weighted by Crippen LogP contribution is 2.44. The first kappa shape index (κ1) is 25.4. The van der Waals surface area contributed by atoms with Crippen LogP contribution in [0.2, 0.25) is 0 Å². The van der Waals surface area contributed by atoms with E-state index in [4.69, 9.17) is 20.5 Å². The van der Waals surface area contributed by atoms with E-state index in [0.29, 0.717) is 16.8 Å². The standard InChI is InChI=1S/C26H25F2N3O4/c1-14(2)35-26(33)22-21(17-10-8-16(13-29)9-11-17)20(25(32)34-4)15(3)31(24(22)30)19-7-5-6-18(12-19)23(27)28/h5-12,14,21,23H,30H2,1-4H3. The van der Waals surface area contributed by atoms with E-state index in [0.717, 1.165) is 0 Å². The minimum atomic E-state index is -2.73. The third kappa shape index (κ3) is 5.01. The summed E-state index contributed by atoms with van der Waals surface area (Å²) in [5, 5.41) is 9.17. The SMILES string of the molecule is COC(=O)C1=C(C)N(c2cccc(C(F)F)c2)C(N)=C(C(=O)OC(C)C)C1c1ccc(C#N)cc1. The van der Waals surface area contributed by atoms with Gasteiger partial charge in [-0.15, -0.1) is 0 Å². The number of anilines is 1. The summed E-state index contributed by atoms with van der Waals surface area (Å²) < 4.78 is 37.3. The molecule has 0 radical (unpaired) electrons. The fourth-order valence-corrected chi connectivity index (χ4v) is 4.01. The van der Waals surface area contributed by atoms with Crippen LogP contribution >= 0.6 is 0 Å². The highest BCUT2D eigenvalue weighted by Gasteiger charge is 2.42. The van der Waals surface area contributed by atoms with Gasteiger partial charge in [-0.1, -0.05) is 24.3 Å². The maximum Gasteiger partial charge on any atom is 0.338 e. The van der Waals surface area contributed by atoms with Crippen molar-refractivity contribution in [3.8, 4) is 6.07 Å². The van der Waals surface area contributed by atoms with Gasteiger partial charge in [-0.25, -0.2) is 18.4 Å². The van der Waals surface area contributed by atoms with Crippen LogP contribution in [0.1, 0.15) is 49.8 Å². The van der Waals surface area contributed by atoms with Gasteiger partial charge in [-0.3, -0.25) is 0 Å². The van der Waals surface area contributed by atoms with Gasteiger partial charge in [-0.2, -0.15) is 5.26 Å². The Balaban J connectivity index is 2.33. The van der Waals surface area contributed by atoms with Crippen molar-refractivity contribution in [2.75, 3.05) is 12.0 Å². The van der Waals surface area contributed by atoms with E-state index in [9.17, 15) is 18.4 Å². The summed E-state index contributed by atoms with van der Waals surface area (Å²) in [4.78, 5) is 27.7. The van der Waals surface area contributed by atoms with E-state index in [1.807, 2.05) is 6.07 Å². The number of esters is 2. The molecule has 35 heavy (non-hydrogen) atoms. The summed E-state index contributed by atoms with van der Waals surface area (Å²) >= 11 is 0. The Morgan fingerprint density at radius 1 is 1.09 bits per heavy atom. The molecule has 2 aromatic rings. The van der Waals surface area contributed by atoms with Crippen LogP contribution < -0.4 is 10.6 Å². The van der Waals surface area contributed by atoms with E-state index in [-0.39, 0.29) is 28.2 Å². The molecule has 0 aliphatic carbocycles. The van der Waals surface area contributed by atoms with E-state index < -0.39 is 30.4 Å². The van der Waals surface area contributed by atoms with Crippen LogP contribution in [-0.2, 0) is 19.1 Å². The van der Waals surface area contributed by atoms with Crippen molar-refractivity contribution < 1.29 is 27.8 Å². The van der Waals surface area contributed by atoms with Crippen molar-refractivity contribution in [2.45, 2.75) is 39.2 Å². The van der Waals surface area contributed by atoms with Crippen LogP contribution in [-0.4, -0.2) is 25.2 Å². The number of nitriles is 1. The largest absolute Gasteiger partial charge is 0.466 e. The molecule has 0 aromatic heterocycles. The zero-order valence-electron chi connectivity index (χ0n) is 19.7. The first-order chi connectivity index (χ1) is 16.6. The molecule has 2 N–H and O–H groups in total. The number of hydrogen-bond acceptors (Lipinski definition) is 7. The summed E-state index contributed by atoms with van der Waals surface area (Å²) in [6.45, 7) is 4.93. The smallest absolute Gasteiger partial charge is 0.338 e. The quantitative estimate of drug-likeness (QED) is 0.598. The Kier molecular flexibility index (Phi) is 7.55. The molecule has 1 aliphatic rings. The summed E-state index contributed by atoms with van der Waals surface area (Å²) in [7, 11) is 1.20. The molecule has 0 saturated heterocycles. The summed E-state index contributed by atoms with van der Waals surface area (Å²) in [5.74, 6) is -2.54. The van der Waals surface area contributed by atoms with Crippen molar-refractivity contribution in [3.63, 3.8) is 0 Å². The Hall–Kier alpha value is -4.19. The maximum atomic E-state index is 13.4. The number of rotatable bonds is 6. The third-order valence-corrected chi connectivity index (χ3v) is 5.54. The lowest BCUT2D eigenvalue weighted by Gasteiger charge is -2.37. The summed E-state index contributed by atoms with van der Waals surface area (Å²) in [6.07, 6.45) is -3.22. The van der Waals surface area contributed by atoms with Crippen molar-refractivity contribution in [3.05, 3.63) is 87.9 Å². The molecule has 1 aliphatic heterocycles. The van der Waals surface area contributed by atoms with Gasteiger partial charge in [0, 0.05) is 16.9 Å². The number of nitrogens with two attached hydrogens (primary N) is 1. The molecule has 0 spiro atoms. The number of benzene rings is 2. The topological polar surface area (TPSA) is 106 Å². The van der Waals surface area contributed by atoms with Gasteiger partial charge in [0.05, 0.1) is 41.9 Å². The zero-order valence-corrected chi connectivity index (χ0v) is 19.7. The second-order valence-corrected chi connectivity index (χ2v) is 8.14. The molecule has 182 valence electrons. The van der Waals surface area contributed by atoms with Crippen molar-refractivity contribution >= 4 is 17.6 Å². The number of nitrogens with zero attached hydrogens (tertiary/aromatic N) is 2. The monoisotopic (exact) mass is 481 g/mol. The normalized spacial score (nSPS) is 16.0. The maximum absolute atomic E-state index is 13.4. The highest BCUT2D eigenvalue weighted by molar-refractivity contribution is 6.01. The van der Waals surface area contributed by atoms with Crippen molar-refractivity contribution in [1.29, 1.82) is 5.26 Å². The van der Waals surface area contributed by atoms with Gasteiger partial charge in [-0.05, 0) is 50.6 Å². The first-order valence-electron chi connectivity index (χ1n) is 10.8. The van der Waals surface area contributed by atoms with Gasteiger partial charge in [0.2, 0.25) is 0 Å². The molecule has 3 rings (SSSR count). The number of carbonyl (C=O) groups is 2. The molecule has 0 saturated carbocycles. The van der Waals surface area contributed by atoms with Crippen molar-refractivity contribution in [1.82, 2.24) is 0 Å². The molecule has 9 heteroatoms. The molecule has 0 amide bonds. The number of allylic oxidation sites excluding steroid dienone is 1. The van der Waals surface area contributed by atoms with Gasteiger partial charge in [0.15, 0.2) is 0 Å². The minimum absolute atomic E-state index is 0.0446. The van der Waals surface area contributed by atoms with E-state index in [1.165, 1.54) is 30.2 Å². The Morgan fingerprint density at radius 2 is 1.74 bits per heavy atom. The second-order valence-electron chi connectivity index (χ2n) is 8.14. The van der Waals surface area contributed by atoms with Crippen LogP contribution in [0.5, 0.6) is 0 Å². The molecule has 2 aromatic carbocycles. The second kappa shape index (κ2) is 10.4. The molecule has 1 atom stereocenters. The van der Waals surface area contributed by atoms with Crippen molar-refractivity contribution in [2.24, 2.45) is 5.73 Å². The zero-order chi connectivity index (χ0) is 25.9. The molecular weight excluding hydrogens is 456 g/mol.